The Morgan fingerprint density at radius 2 is 2.21 bits per heavy atom. The molecule has 1 aromatic carbocycles. The lowest BCUT2D eigenvalue weighted by molar-refractivity contribution is 0.138. The fraction of sp³-hybridized carbons (Fsp3) is 0.625. The molecule has 0 saturated carbocycles. The SMILES string of the molecule is COCCC(C)NCc1ccc2c(c1)CC(C)(C)O2. The quantitative estimate of drug-likeness (QED) is 0.856. The molecule has 1 heterocycles. The molecule has 0 fully saturated rings. The molecule has 0 saturated heterocycles. The molecule has 2 rings (SSSR count). The van der Waals surface area contributed by atoms with Gasteiger partial charge in [0.05, 0.1) is 0 Å². The Hall–Kier alpha value is -1.06. The summed E-state index contributed by atoms with van der Waals surface area (Å²) in [5.41, 5.74) is 2.60. The standard InChI is InChI=1S/C16H25NO2/c1-12(7-8-18-4)17-11-13-5-6-15-14(9-13)10-16(2,3)19-15/h5-6,9,12,17H,7-8,10-11H2,1-4H3. The Bertz CT molecular complexity index is 429. The lowest BCUT2D eigenvalue weighted by Crippen LogP contribution is -2.26. The first-order valence-electron chi connectivity index (χ1n) is 7.03. The van der Waals surface area contributed by atoms with Crippen LogP contribution >= 0.6 is 0 Å². The molecule has 1 N–H and O–H groups in total. The predicted octanol–water partition coefficient (Wildman–Crippen LogP) is 2.91. The third-order valence-electron chi connectivity index (χ3n) is 3.54. The monoisotopic (exact) mass is 263 g/mol. The highest BCUT2D eigenvalue weighted by atomic mass is 16.5. The van der Waals surface area contributed by atoms with Crippen molar-refractivity contribution in [1.29, 1.82) is 0 Å². The van der Waals surface area contributed by atoms with Crippen molar-refractivity contribution in [3.05, 3.63) is 29.3 Å². The summed E-state index contributed by atoms with van der Waals surface area (Å²) in [6, 6.07) is 6.98. The predicted molar refractivity (Wildman–Crippen MR) is 77.6 cm³/mol. The Balaban J connectivity index is 1.90. The maximum atomic E-state index is 5.89. The minimum absolute atomic E-state index is 0.0554. The molecule has 1 aromatic rings. The van der Waals surface area contributed by atoms with Crippen LogP contribution < -0.4 is 10.1 Å². The number of hydrogen-bond acceptors (Lipinski definition) is 3. The van der Waals surface area contributed by atoms with E-state index in [4.69, 9.17) is 9.47 Å². The molecule has 0 spiro atoms. The van der Waals surface area contributed by atoms with E-state index in [1.54, 1.807) is 7.11 Å². The lowest BCUT2D eigenvalue weighted by Gasteiger charge is -2.16. The second kappa shape index (κ2) is 5.93. The fourth-order valence-corrected chi connectivity index (χ4v) is 2.46. The van der Waals surface area contributed by atoms with Crippen molar-refractivity contribution in [2.45, 2.75) is 51.8 Å². The summed E-state index contributed by atoms with van der Waals surface area (Å²) in [7, 11) is 1.75. The Kier molecular flexibility index (Phi) is 4.48. The van der Waals surface area contributed by atoms with Gasteiger partial charge in [-0.2, -0.15) is 0 Å². The summed E-state index contributed by atoms with van der Waals surface area (Å²) < 4.78 is 11.0. The van der Waals surface area contributed by atoms with E-state index in [1.807, 2.05) is 0 Å². The van der Waals surface area contributed by atoms with Gasteiger partial charge in [0.1, 0.15) is 11.4 Å². The summed E-state index contributed by atoms with van der Waals surface area (Å²) in [6.07, 6.45) is 2.03. The topological polar surface area (TPSA) is 30.5 Å². The van der Waals surface area contributed by atoms with Crippen molar-refractivity contribution in [3.8, 4) is 5.75 Å². The molecule has 0 aliphatic carbocycles. The van der Waals surface area contributed by atoms with Crippen molar-refractivity contribution in [1.82, 2.24) is 5.32 Å². The van der Waals surface area contributed by atoms with Gasteiger partial charge in [-0.3, -0.25) is 0 Å². The molecule has 19 heavy (non-hydrogen) atoms. The van der Waals surface area contributed by atoms with Gasteiger partial charge in [0.2, 0.25) is 0 Å². The van der Waals surface area contributed by atoms with Crippen molar-refractivity contribution < 1.29 is 9.47 Å². The van der Waals surface area contributed by atoms with Crippen LogP contribution in [-0.2, 0) is 17.7 Å². The number of methoxy groups -OCH3 is 1. The average Bonchev–Trinajstić information content (AvgIpc) is 2.66. The first-order valence-corrected chi connectivity index (χ1v) is 7.03. The largest absolute Gasteiger partial charge is 0.487 e. The Labute approximate surface area is 116 Å². The zero-order valence-corrected chi connectivity index (χ0v) is 12.5. The second-order valence-corrected chi connectivity index (χ2v) is 6.04. The highest BCUT2D eigenvalue weighted by Gasteiger charge is 2.29. The Morgan fingerprint density at radius 1 is 1.42 bits per heavy atom. The van der Waals surface area contributed by atoms with Crippen LogP contribution in [0.15, 0.2) is 18.2 Å². The normalized spacial score (nSPS) is 17.9. The molecular weight excluding hydrogens is 238 g/mol. The van der Waals surface area contributed by atoms with E-state index in [-0.39, 0.29) is 5.60 Å². The van der Waals surface area contributed by atoms with Gasteiger partial charge in [-0.25, -0.2) is 0 Å². The van der Waals surface area contributed by atoms with E-state index >= 15 is 0 Å². The summed E-state index contributed by atoms with van der Waals surface area (Å²) in [4.78, 5) is 0. The van der Waals surface area contributed by atoms with Crippen LogP contribution in [0.3, 0.4) is 0 Å². The van der Waals surface area contributed by atoms with Crippen LogP contribution in [0.4, 0.5) is 0 Å². The van der Waals surface area contributed by atoms with Crippen LogP contribution in [0.25, 0.3) is 0 Å². The number of hydrogen-bond donors (Lipinski definition) is 1. The van der Waals surface area contributed by atoms with E-state index in [1.165, 1.54) is 11.1 Å². The van der Waals surface area contributed by atoms with Gasteiger partial charge in [0, 0.05) is 32.7 Å². The molecule has 0 amide bonds. The van der Waals surface area contributed by atoms with E-state index in [9.17, 15) is 0 Å². The number of ether oxygens (including phenoxy) is 2. The minimum atomic E-state index is -0.0554. The van der Waals surface area contributed by atoms with Gasteiger partial charge in [0.15, 0.2) is 0 Å². The van der Waals surface area contributed by atoms with E-state index < -0.39 is 0 Å². The molecule has 0 radical (unpaired) electrons. The van der Waals surface area contributed by atoms with Gasteiger partial charge in [-0.05, 0) is 44.4 Å². The number of rotatable bonds is 6. The van der Waals surface area contributed by atoms with Gasteiger partial charge >= 0.3 is 0 Å². The molecule has 0 bridgehead atoms. The Morgan fingerprint density at radius 3 is 2.95 bits per heavy atom. The van der Waals surface area contributed by atoms with Crippen LogP contribution in [0, 0.1) is 0 Å². The molecule has 106 valence electrons. The zero-order valence-electron chi connectivity index (χ0n) is 12.5. The van der Waals surface area contributed by atoms with Gasteiger partial charge in [-0.15, -0.1) is 0 Å². The average molecular weight is 263 g/mol. The third-order valence-corrected chi connectivity index (χ3v) is 3.54. The second-order valence-electron chi connectivity index (χ2n) is 6.04. The maximum absolute atomic E-state index is 5.89. The molecule has 0 aromatic heterocycles. The molecule has 1 atom stereocenters. The van der Waals surface area contributed by atoms with Gasteiger partial charge < -0.3 is 14.8 Å². The van der Waals surface area contributed by atoms with Crippen molar-refractivity contribution in [2.24, 2.45) is 0 Å². The van der Waals surface area contributed by atoms with Crippen LogP contribution in [0.2, 0.25) is 0 Å². The van der Waals surface area contributed by atoms with Crippen molar-refractivity contribution in [3.63, 3.8) is 0 Å². The molecule has 3 nitrogen and oxygen atoms in total. The lowest BCUT2D eigenvalue weighted by atomic mass is 10.00. The molecule has 3 heteroatoms. The summed E-state index contributed by atoms with van der Waals surface area (Å²) in [5.74, 6) is 1.04. The zero-order chi connectivity index (χ0) is 13.9. The molecule has 1 aliphatic rings. The summed E-state index contributed by atoms with van der Waals surface area (Å²) in [6.45, 7) is 8.17. The first kappa shape index (κ1) is 14.4. The van der Waals surface area contributed by atoms with Gasteiger partial charge in [-0.1, -0.05) is 12.1 Å². The minimum Gasteiger partial charge on any atom is -0.487 e. The van der Waals surface area contributed by atoms with Crippen LogP contribution in [0.5, 0.6) is 5.75 Å². The van der Waals surface area contributed by atoms with Gasteiger partial charge in [0.25, 0.3) is 0 Å². The third kappa shape index (κ3) is 3.95. The summed E-state index contributed by atoms with van der Waals surface area (Å²) in [5, 5.41) is 3.52. The summed E-state index contributed by atoms with van der Waals surface area (Å²) >= 11 is 0. The van der Waals surface area contributed by atoms with E-state index in [0.717, 1.165) is 31.7 Å². The maximum Gasteiger partial charge on any atom is 0.123 e. The molecular formula is C16H25NO2. The molecule has 1 unspecified atom stereocenters. The fourth-order valence-electron chi connectivity index (χ4n) is 2.46. The van der Waals surface area contributed by atoms with E-state index in [2.05, 4.69) is 44.3 Å². The molecule has 1 aliphatic heterocycles. The highest BCUT2D eigenvalue weighted by molar-refractivity contribution is 5.41. The first-order chi connectivity index (χ1) is 9.00. The van der Waals surface area contributed by atoms with E-state index in [0.29, 0.717) is 6.04 Å². The number of nitrogens with one attached hydrogen (secondary N) is 1. The highest BCUT2D eigenvalue weighted by Crippen LogP contribution is 2.35. The smallest absolute Gasteiger partial charge is 0.123 e. The van der Waals surface area contributed by atoms with Crippen LogP contribution in [-0.4, -0.2) is 25.4 Å². The van der Waals surface area contributed by atoms with Crippen LogP contribution in [0.1, 0.15) is 38.3 Å². The number of benzene rings is 1. The van der Waals surface area contributed by atoms with Crippen molar-refractivity contribution >= 4 is 0 Å². The number of fused-ring (bicyclic) bond motifs is 1. The van der Waals surface area contributed by atoms with Crippen molar-refractivity contribution in [2.75, 3.05) is 13.7 Å².